The Morgan fingerprint density at radius 3 is 1.84 bits per heavy atom. The lowest BCUT2D eigenvalue weighted by molar-refractivity contribution is -0.164. The standard InChI is InChI=1S/C26H25NO4/c28-23(27-24(20-16-17-20)19-10-4-1-5-11-19)18-31-25(29)26(30,21-12-6-2-7-13-21)22-14-8-3-9-15-22/h1-15,20,24,30H,16-18H2,(H,27,28). The minimum absolute atomic E-state index is 0.102. The summed E-state index contributed by atoms with van der Waals surface area (Å²) in [7, 11) is 0. The van der Waals surface area contributed by atoms with Crippen LogP contribution in [0.15, 0.2) is 91.0 Å². The minimum Gasteiger partial charge on any atom is -0.453 e. The summed E-state index contributed by atoms with van der Waals surface area (Å²) in [5, 5.41) is 14.4. The van der Waals surface area contributed by atoms with Gasteiger partial charge in [0.25, 0.3) is 5.91 Å². The van der Waals surface area contributed by atoms with Crippen LogP contribution in [0.4, 0.5) is 0 Å². The summed E-state index contributed by atoms with van der Waals surface area (Å²) >= 11 is 0. The Morgan fingerprint density at radius 1 is 0.871 bits per heavy atom. The van der Waals surface area contributed by atoms with Crippen LogP contribution in [-0.2, 0) is 19.9 Å². The Balaban J connectivity index is 1.47. The summed E-state index contributed by atoms with van der Waals surface area (Å²) in [5.41, 5.74) is -0.203. The van der Waals surface area contributed by atoms with Gasteiger partial charge in [0.05, 0.1) is 6.04 Å². The highest BCUT2D eigenvalue weighted by Gasteiger charge is 2.42. The van der Waals surface area contributed by atoms with E-state index in [2.05, 4.69) is 5.32 Å². The van der Waals surface area contributed by atoms with Crippen molar-refractivity contribution in [1.82, 2.24) is 5.32 Å². The van der Waals surface area contributed by atoms with Crippen LogP contribution >= 0.6 is 0 Å². The summed E-state index contributed by atoms with van der Waals surface area (Å²) in [4.78, 5) is 25.6. The molecule has 0 bridgehead atoms. The second-order valence-electron chi connectivity index (χ2n) is 7.81. The fraction of sp³-hybridized carbons (Fsp3) is 0.231. The van der Waals surface area contributed by atoms with Crippen LogP contribution in [0.3, 0.4) is 0 Å². The number of esters is 1. The molecule has 1 amide bonds. The fourth-order valence-corrected chi connectivity index (χ4v) is 3.78. The first kappa shape index (κ1) is 20.8. The molecule has 4 rings (SSSR count). The zero-order valence-electron chi connectivity index (χ0n) is 17.1. The van der Waals surface area contributed by atoms with Crippen molar-refractivity contribution in [3.05, 3.63) is 108 Å². The van der Waals surface area contributed by atoms with Gasteiger partial charge in [-0.25, -0.2) is 4.79 Å². The average Bonchev–Trinajstić information content (AvgIpc) is 3.67. The van der Waals surface area contributed by atoms with Crippen LogP contribution in [0.2, 0.25) is 0 Å². The topological polar surface area (TPSA) is 75.6 Å². The molecule has 158 valence electrons. The van der Waals surface area contributed by atoms with Gasteiger partial charge in [-0.1, -0.05) is 91.0 Å². The highest BCUT2D eigenvalue weighted by atomic mass is 16.6. The lowest BCUT2D eigenvalue weighted by atomic mass is 9.86. The van der Waals surface area contributed by atoms with Gasteiger partial charge in [-0.05, 0) is 35.4 Å². The maximum absolute atomic E-state index is 13.0. The van der Waals surface area contributed by atoms with Gasteiger partial charge in [-0.2, -0.15) is 0 Å². The third kappa shape index (κ3) is 4.67. The smallest absolute Gasteiger partial charge is 0.348 e. The van der Waals surface area contributed by atoms with Crippen molar-refractivity contribution >= 4 is 11.9 Å². The van der Waals surface area contributed by atoms with E-state index in [1.54, 1.807) is 60.7 Å². The second kappa shape index (κ2) is 9.14. The van der Waals surface area contributed by atoms with E-state index in [1.165, 1.54) is 0 Å². The molecule has 5 nitrogen and oxygen atoms in total. The molecule has 5 heteroatoms. The lowest BCUT2D eigenvalue weighted by Crippen LogP contribution is -2.41. The zero-order valence-corrected chi connectivity index (χ0v) is 17.1. The van der Waals surface area contributed by atoms with Gasteiger partial charge in [0.2, 0.25) is 5.60 Å². The van der Waals surface area contributed by atoms with Crippen molar-refractivity contribution in [3.8, 4) is 0 Å². The number of carbonyl (C=O) groups excluding carboxylic acids is 2. The van der Waals surface area contributed by atoms with Crippen LogP contribution in [0.5, 0.6) is 0 Å². The van der Waals surface area contributed by atoms with Gasteiger partial charge in [0.15, 0.2) is 6.61 Å². The molecule has 0 aromatic heterocycles. The first-order chi connectivity index (χ1) is 15.1. The Morgan fingerprint density at radius 2 is 1.35 bits per heavy atom. The third-order valence-electron chi connectivity index (χ3n) is 5.58. The number of hydrogen-bond donors (Lipinski definition) is 2. The summed E-state index contributed by atoms with van der Waals surface area (Å²) in [6.45, 7) is -0.461. The molecule has 1 aliphatic carbocycles. The van der Waals surface area contributed by atoms with Crippen LogP contribution in [0.25, 0.3) is 0 Å². The molecule has 1 saturated carbocycles. The molecule has 31 heavy (non-hydrogen) atoms. The van der Waals surface area contributed by atoms with Crippen LogP contribution in [0.1, 0.15) is 35.6 Å². The molecule has 1 unspecified atom stereocenters. The summed E-state index contributed by atoms with van der Waals surface area (Å²) in [6, 6.07) is 26.9. The number of nitrogens with one attached hydrogen (secondary N) is 1. The molecule has 1 atom stereocenters. The molecule has 0 aliphatic heterocycles. The van der Waals surface area contributed by atoms with Gasteiger partial charge in [0.1, 0.15) is 0 Å². The maximum Gasteiger partial charge on any atom is 0.348 e. The van der Waals surface area contributed by atoms with E-state index in [-0.39, 0.29) is 6.04 Å². The molecular weight excluding hydrogens is 390 g/mol. The van der Waals surface area contributed by atoms with E-state index in [1.807, 2.05) is 30.3 Å². The average molecular weight is 415 g/mol. The van der Waals surface area contributed by atoms with Crippen LogP contribution in [-0.4, -0.2) is 23.6 Å². The quantitative estimate of drug-likeness (QED) is 0.550. The van der Waals surface area contributed by atoms with Gasteiger partial charge in [-0.3, -0.25) is 4.79 Å². The molecule has 2 N–H and O–H groups in total. The summed E-state index contributed by atoms with van der Waals surface area (Å²) in [6.07, 6.45) is 2.11. The Hall–Kier alpha value is -3.44. The number of ether oxygens (including phenoxy) is 1. The first-order valence-corrected chi connectivity index (χ1v) is 10.4. The number of carbonyl (C=O) groups is 2. The molecule has 1 fully saturated rings. The van der Waals surface area contributed by atoms with E-state index < -0.39 is 24.1 Å². The predicted molar refractivity (Wildman–Crippen MR) is 117 cm³/mol. The molecule has 0 heterocycles. The predicted octanol–water partition coefficient (Wildman–Crippen LogP) is 3.73. The number of hydrogen-bond acceptors (Lipinski definition) is 4. The van der Waals surface area contributed by atoms with Crippen molar-refractivity contribution in [2.75, 3.05) is 6.61 Å². The van der Waals surface area contributed by atoms with Crippen molar-refractivity contribution < 1.29 is 19.4 Å². The SMILES string of the molecule is O=C(COC(=O)C(O)(c1ccccc1)c1ccccc1)NC(c1ccccc1)C1CC1. The molecule has 1 aliphatic rings. The Kier molecular flexibility index (Phi) is 6.14. The largest absolute Gasteiger partial charge is 0.453 e. The van der Waals surface area contributed by atoms with Crippen molar-refractivity contribution in [1.29, 1.82) is 0 Å². The van der Waals surface area contributed by atoms with Gasteiger partial charge in [0, 0.05) is 0 Å². The normalized spacial score (nSPS) is 14.5. The number of benzene rings is 3. The van der Waals surface area contributed by atoms with Crippen LogP contribution in [0, 0.1) is 5.92 Å². The monoisotopic (exact) mass is 415 g/mol. The minimum atomic E-state index is -2.00. The molecule has 3 aromatic rings. The second-order valence-corrected chi connectivity index (χ2v) is 7.81. The van der Waals surface area contributed by atoms with E-state index in [0.717, 1.165) is 18.4 Å². The van der Waals surface area contributed by atoms with Crippen molar-refractivity contribution in [2.24, 2.45) is 5.92 Å². The number of aliphatic hydroxyl groups is 1. The van der Waals surface area contributed by atoms with Crippen LogP contribution < -0.4 is 5.32 Å². The highest BCUT2D eigenvalue weighted by Crippen LogP contribution is 2.41. The molecule has 0 radical (unpaired) electrons. The van der Waals surface area contributed by atoms with Gasteiger partial charge in [-0.15, -0.1) is 0 Å². The Labute approximate surface area is 181 Å². The highest BCUT2D eigenvalue weighted by molar-refractivity contribution is 5.88. The first-order valence-electron chi connectivity index (χ1n) is 10.4. The molecule has 3 aromatic carbocycles. The number of amides is 1. The van der Waals surface area contributed by atoms with Gasteiger partial charge >= 0.3 is 5.97 Å². The zero-order chi connectivity index (χ0) is 21.7. The molecule has 0 saturated heterocycles. The third-order valence-corrected chi connectivity index (χ3v) is 5.58. The van der Waals surface area contributed by atoms with Crippen molar-refractivity contribution in [3.63, 3.8) is 0 Å². The van der Waals surface area contributed by atoms with E-state index in [9.17, 15) is 14.7 Å². The maximum atomic E-state index is 13.0. The lowest BCUT2D eigenvalue weighted by Gasteiger charge is -2.27. The van der Waals surface area contributed by atoms with Crippen molar-refractivity contribution in [2.45, 2.75) is 24.5 Å². The molecule has 0 spiro atoms. The fourth-order valence-electron chi connectivity index (χ4n) is 3.78. The van der Waals surface area contributed by atoms with E-state index in [4.69, 9.17) is 4.74 Å². The molecular formula is C26H25NO4. The Bertz CT molecular complexity index is 978. The van der Waals surface area contributed by atoms with E-state index >= 15 is 0 Å². The number of rotatable bonds is 8. The summed E-state index contributed by atoms with van der Waals surface area (Å²) in [5.74, 6) is -0.882. The van der Waals surface area contributed by atoms with E-state index in [0.29, 0.717) is 17.0 Å². The summed E-state index contributed by atoms with van der Waals surface area (Å²) < 4.78 is 5.31. The van der Waals surface area contributed by atoms with Gasteiger partial charge < -0.3 is 15.2 Å².